The molecular weight excluding hydrogens is 604 g/mol. The molecule has 0 radical (unpaired) electrons. The van der Waals surface area contributed by atoms with E-state index in [0.717, 1.165) is 18.2 Å². The molecule has 0 aromatic heterocycles. The number of benzene rings is 2. The number of piperidine rings is 1. The van der Waals surface area contributed by atoms with Gasteiger partial charge in [0.05, 0.1) is 16.0 Å². The molecule has 11 nitrogen and oxygen atoms in total. The van der Waals surface area contributed by atoms with Crippen LogP contribution < -0.4 is 10.6 Å². The van der Waals surface area contributed by atoms with Gasteiger partial charge in [-0.05, 0) is 62.8 Å². The van der Waals surface area contributed by atoms with Crippen molar-refractivity contribution >= 4 is 28.7 Å². The summed E-state index contributed by atoms with van der Waals surface area (Å²) < 4.78 is 85.3. The summed E-state index contributed by atoms with van der Waals surface area (Å²) in [5.74, 6) is -0.246. The molecule has 1 amide bonds. The van der Waals surface area contributed by atoms with Crippen molar-refractivity contribution in [1.82, 2.24) is 4.90 Å². The van der Waals surface area contributed by atoms with Gasteiger partial charge in [-0.2, -0.15) is 26.3 Å². The Labute approximate surface area is 246 Å². The fraction of sp³-hybridized carbons (Fsp3) is 0.519. The second-order valence-electron chi connectivity index (χ2n) is 10.7. The summed E-state index contributed by atoms with van der Waals surface area (Å²) in [7, 11) is 0. The second-order valence-corrected chi connectivity index (χ2v) is 10.7. The fourth-order valence-corrected chi connectivity index (χ4v) is 5.42. The van der Waals surface area contributed by atoms with Crippen molar-refractivity contribution in [2.75, 3.05) is 30.3 Å². The normalized spacial score (nSPS) is 19.8. The van der Waals surface area contributed by atoms with Crippen LogP contribution >= 0.6 is 0 Å². The molecule has 2 aromatic carbocycles. The van der Waals surface area contributed by atoms with Gasteiger partial charge in [0.15, 0.2) is 0 Å². The van der Waals surface area contributed by atoms with Crippen LogP contribution in [0.4, 0.5) is 49.1 Å². The van der Waals surface area contributed by atoms with E-state index in [1.165, 1.54) is 12.1 Å². The molecule has 0 unspecified atom stereocenters. The van der Waals surface area contributed by atoms with E-state index in [1.54, 1.807) is 4.90 Å². The summed E-state index contributed by atoms with van der Waals surface area (Å²) in [5.41, 5.74) is -4.51. The fourth-order valence-electron chi connectivity index (χ4n) is 5.42. The Bertz CT molecular complexity index is 1370. The molecule has 1 heterocycles. The van der Waals surface area contributed by atoms with Crippen molar-refractivity contribution in [3.63, 3.8) is 0 Å². The molecule has 2 aliphatic rings. The molecule has 2 aromatic rings. The molecule has 240 valence electrons. The lowest BCUT2D eigenvalue weighted by molar-refractivity contribution is -0.388. The number of anilines is 2. The molecule has 2 fully saturated rings. The number of alkyl halides is 6. The number of carbonyl (C=O) groups is 1. The quantitative estimate of drug-likeness (QED) is 0.184. The summed E-state index contributed by atoms with van der Waals surface area (Å²) in [6, 6.07) is 5.10. The molecule has 4 rings (SSSR count). The third-order valence-corrected chi connectivity index (χ3v) is 7.70. The summed E-state index contributed by atoms with van der Waals surface area (Å²) in [6.07, 6.45) is -6.92. The molecule has 0 spiro atoms. The molecule has 17 heteroatoms. The van der Waals surface area contributed by atoms with E-state index in [0.29, 0.717) is 57.7 Å². The van der Waals surface area contributed by atoms with Gasteiger partial charge in [0.25, 0.3) is 11.4 Å². The molecule has 0 bridgehead atoms. The minimum absolute atomic E-state index is 0.0931. The number of nitro groups is 2. The summed E-state index contributed by atoms with van der Waals surface area (Å²) in [4.78, 5) is 34.0. The van der Waals surface area contributed by atoms with E-state index >= 15 is 0 Å². The van der Waals surface area contributed by atoms with E-state index in [-0.39, 0.29) is 42.1 Å². The SMILES string of the molecule is O=C(COC1CCC(Nc2ccc([N+](=O)[O-])c(C(F)(F)F)c2)CC1)N1CCC(Nc2ccc([N+](=O)[O-])c(C(F)(F)F)c2)CC1. The van der Waals surface area contributed by atoms with Crippen LogP contribution in [0.15, 0.2) is 36.4 Å². The van der Waals surface area contributed by atoms with Crippen molar-refractivity contribution in [3.05, 3.63) is 67.8 Å². The monoisotopic (exact) mass is 633 g/mol. The van der Waals surface area contributed by atoms with Crippen LogP contribution in [0.5, 0.6) is 0 Å². The first-order chi connectivity index (χ1) is 20.6. The first kappa shape index (κ1) is 32.8. The van der Waals surface area contributed by atoms with Crippen molar-refractivity contribution in [2.24, 2.45) is 0 Å². The maximum absolute atomic E-state index is 13.3. The predicted molar refractivity (Wildman–Crippen MR) is 145 cm³/mol. The van der Waals surface area contributed by atoms with Gasteiger partial charge < -0.3 is 20.3 Å². The molecule has 2 N–H and O–H groups in total. The average Bonchev–Trinajstić information content (AvgIpc) is 2.96. The number of nitrogens with zero attached hydrogens (tertiary/aromatic N) is 3. The number of hydrogen-bond acceptors (Lipinski definition) is 8. The summed E-state index contributed by atoms with van der Waals surface area (Å²) in [5, 5.41) is 27.9. The van der Waals surface area contributed by atoms with Crippen LogP contribution in [0.1, 0.15) is 49.7 Å². The summed E-state index contributed by atoms with van der Waals surface area (Å²) >= 11 is 0. The van der Waals surface area contributed by atoms with E-state index < -0.39 is 44.7 Å². The number of rotatable bonds is 9. The number of ether oxygens (including phenoxy) is 1. The average molecular weight is 634 g/mol. The molecule has 1 aliphatic carbocycles. The lowest BCUT2D eigenvalue weighted by Gasteiger charge is -2.34. The van der Waals surface area contributed by atoms with Gasteiger partial charge in [-0.15, -0.1) is 0 Å². The highest BCUT2D eigenvalue weighted by Gasteiger charge is 2.40. The zero-order valence-electron chi connectivity index (χ0n) is 23.1. The number of hydrogen-bond donors (Lipinski definition) is 2. The molecule has 1 saturated heterocycles. The Morgan fingerprint density at radius 2 is 1.20 bits per heavy atom. The highest BCUT2D eigenvalue weighted by atomic mass is 19.4. The maximum Gasteiger partial charge on any atom is 0.423 e. The van der Waals surface area contributed by atoms with Crippen molar-refractivity contribution in [3.8, 4) is 0 Å². The van der Waals surface area contributed by atoms with Crippen LogP contribution in [-0.2, 0) is 21.9 Å². The Morgan fingerprint density at radius 3 is 1.61 bits per heavy atom. The van der Waals surface area contributed by atoms with Gasteiger partial charge in [0.2, 0.25) is 5.91 Å². The number of nitro benzene ring substituents is 2. The van der Waals surface area contributed by atoms with E-state index in [4.69, 9.17) is 4.74 Å². The Kier molecular flexibility index (Phi) is 9.85. The van der Waals surface area contributed by atoms with Gasteiger partial charge in [-0.1, -0.05) is 0 Å². The molecule has 44 heavy (non-hydrogen) atoms. The number of likely N-dealkylation sites (tertiary alicyclic amines) is 1. The highest BCUT2D eigenvalue weighted by Crippen LogP contribution is 2.39. The van der Waals surface area contributed by atoms with Crippen molar-refractivity contribution < 1.29 is 45.7 Å². The van der Waals surface area contributed by atoms with Crippen molar-refractivity contribution in [2.45, 2.75) is 69.1 Å². The highest BCUT2D eigenvalue weighted by molar-refractivity contribution is 5.77. The number of halogens is 6. The smallest absolute Gasteiger partial charge is 0.382 e. The number of carbonyl (C=O) groups excluding carboxylic acids is 1. The summed E-state index contributed by atoms with van der Waals surface area (Å²) in [6.45, 7) is 0.505. The lowest BCUT2D eigenvalue weighted by atomic mass is 9.92. The van der Waals surface area contributed by atoms with Crippen LogP contribution in [0.3, 0.4) is 0 Å². The zero-order chi connectivity index (χ0) is 32.2. The number of nitrogens with one attached hydrogen (secondary N) is 2. The van der Waals surface area contributed by atoms with Gasteiger partial charge in [0, 0.05) is 48.7 Å². The Hall–Kier alpha value is -4.15. The minimum Gasteiger partial charge on any atom is -0.382 e. The van der Waals surface area contributed by atoms with Gasteiger partial charge in [-0.3, -0.25) is 25.0 Å². The predicted octanol–water partition coefficient (Wildman–Crippen LogP) is 6.38. The second kappa shape index (κ2) is 13.2. The zero-order valence-corrected chi connectivity index (χ0v) is 23.1. The van der Waals surface area contributed by atoms with Gasteiger partial charge in [-0.25, -0.2) is 0 Å². The molecule has 1 aliphatic heterocycles. The Morgan fingerprint density at radius 1 is 0.773 bits per heavy atom. The van der Waals surface area contributed by atoms with Crippen LogP contribution in [-0.4, -0.2) is 58.5 Å². The van der Waals surface area contributed by atoms with Crippen LogP contribution in [0, 0.1) is 20.2 Å². The third kappa shape index (κ3) is 8.27. The maximum atomic E-state index is 13.3. The third-order valence-electron chi connectivity index (χ3n) is 7.70. The first-order valence-corrected chi connectivity index (χ1v) is 13.8. The number of amides is 1. The lowest BCUT2D eigenvalue weighted by Crippen LogP contribution is -2.44. The van der Waals surface area contributed by atoms with Crippen LogP contribution in [0.25, 0.3) is 0 Å². The largest absolute Gasteiger partial charge is 0.423 e. The molecule has 1 saturated carbocycles. The van der Waals surface area contributed by atoms with Gasteiger partial charge in [0.1, 0.15) is 17.7 Å². The van der Waals surface area contributed by atoms with E-state index in [2.05, 4.69) is 10.6 Å². The van der Waals surface area contributed by atoms with E-state index in [1.807, 2.05) is 0 Å². The van der Waals surface area contributed by atoms with Crippen molar-refractivity contribution in [1.29, 1.82) is 0 Å². The first-order valence-electron chi connectivity index (χ1n) is 13.8. The molecule has 0 atom stereocenters. The van der Waals surface area contributed by atoms with Crippen LogP contribution in [0.2, 0.25) is 0 Å². The molecular formula is C27H29F6N5O6. The standard InChI is InChI=1S/C27H29F6N5O6/c28-26(29,30)21-13-18(3-7-23(21)37(40)41)34-16-1-5-20(6-2-16)44-15-25(39)36-11-9-17(10-12-36)35-19-4-8-24(38(42)43)22(14-19)27(31,32)33/h3-4,7-8,13-14,16-17,20,34-35H,1-2,5-6,9-12,15H2. The Balaban J connectivity index is 1.20. The van der Waals surface area contributed by atoms with E-state index in [9.17, 15) is 51.4 Å². The van der Waals surface area contributed by atoms with Gasteiger partial charge >= 0.3 is 12.4 Å². The topological polar surface area (TPSA) is 140 Å². The minimum atomic E-state index is -4.89.